The number of amides is 1. The first-order valence-corrected chi connectivity index (χ1v) is 7.06. The fourth-order valence-corrected chi connectivity index (χ4v) is 2.68. The van der Waals surface area contributed by atoms with Crippen molar-refractivity contribution >= 4 is 22.6 Å². The Morgan fingerprint density at radius 3 is 2.74 bits per heavy atom. The Morgan fingerprint density at radius 2 is 2.09 bits per heavy atom. The Kier molecular flexibility index (Phi) is 3.63. The van der Waals surface area contributed by atoms with E-state index in [1.807, 2.05) is 0 Å². The molecule has 8 heteroatoms. The van der Waals surface area contributed by atoms with Gasteiger partial charge in [-0.2, -0.15) is 0 Å². The molecule has 2 aromatic rings. The summed E-state index contributed by atoms with van der Waals surface area (Å²) in [6.07, 6.45) is -0.449. The number of nitrogens with zero attached hydrogens (tertiary/aromatic N) is 2. The molecule has 1 aliphatic heterocycles. The van der Waals surface area contributed by atoms with E-state index in [1.165, 1.54) is 29.2 Å². The van der Waals surface area contributed by atoms with Crippen molar-refractivity contribution in [2.24, 2.45) is 11.5 Å². The van der Waals surface area contributed by atoms with Crippen LogP contribution in [0.15, 0.2) is 24.3 Å². The van der Waals surface area contributed by atoms with E-state index in [1.54, 1.807) is 0 Å². The van der Waals surface area contributed by atoms with Gasteiger partial charge in [-0.25, -0.2) is 18.2 Å². The number of carbonyl (C=O) groups excluding carboxylic acids is 1. The molecule has 1 atom stereocenters. The molecule has 1 saturated heterocycles. The highest BCUT2D eigenvalue weighted by Crippen LogP contribution is 2.31. The topological polar surface area (TPSA) is 85.2 Å². The maximum Gasteiger partial charge on any atom is 0.266 e. The first kappa shape index (κ1) is 15.5. The van der Waals surface area contributed by atoms with E-state index in [4.69, 9.17) is 11.5 Å². The number of aromatic nitrogens is 1. The van der Waals surface area contributed by atoms with Crippen molar-refractivity contribution in [1.82, 2.24) is 4.98 Å². The number of benzene rings is 1. The lowest BCUT2D eigenvalue weighted by Gasteiger charge is -2.37. The molecule has 1 aliphatic rings. The van der Waals surface area contributed by atoms with E-state index >= 15 is 0 Å². The number of pyridine rings is 1. The molecule has 0 saturated carbocycles. The van der Waals surface area contributed by atoms with Crippen LogP contribution < -0.4 is 16.4 Å². The number of rotatable bonds is 2. The molecule has 3 rings (SSSR count). The standard InChI is InChI=1S/C15H15F3N4O/c16-9-2-1-8-5-10(13(20)23)14(21-11(8)6-9)22-4-3-15(17,18)12(19)7-22/h1-2,5-6,12H,3-4,7,19H2,(H2,20,23). The number of nitrogens with two attached hydrogens (primary N) is 2. The second kappa shape index (κ2) is 5.38. The van der Waals surface area contributed by atoms with E-state index in [2.05, 4.69) is 4.98 Å². The predicted molar refractivity (Wildman–Crippen MR) is 80.0 cm³/mol. The lowest BCUT2D eigenvalue weighted by molar-refractivity contribution is -0.0394. The van der Waals surface area contributed by atoms with Gasteiger partial charge in [-0.3, -0.25) is 4.79 Å². The largest absolute Gasteiger partial charge is 0.365 e. The third-order valence-electron chi connectivity index (χ3n) is 4.00. The van der Waals surface area contributed by atoms with Gasteiger partial charge >= 0.3 is 0 Å². The molecule has 1 amide bonds. The van der Waals surface area contributed by atoms with Crippen LogP contribution in [0.2, 0.25) is 0 Å². The molecule has 0 bridgehead atoms. The number of anilines is 1. The SMILES string of the molecule is NC(=O)c1cc2ccc(F)cc2nc1N1CCC(F)(F)C(N)C1. The van der Waals surface area contributed by atoms with Crippen LogP contribution in [-0.4, -0.2) is 35.9 Å². The normalized spacial score (nSPS) is 20.7. The van der Waals surface area contributed by atoms with Crippen molar-refractivity contribution < 1.29 is 18.0 Å². The van der Waals surface area contributed by atoms with Crippen molar-refractivity contribution in [3.8, 4) is 0 Å². The molecule has 5 nitrogen and oxygen atoms in total. The Hall–Kier alpha value is -2.35. The van der Waals surface area contributed by atoms with Crippen LogP contribution in [0.1, 0.15) is 16.8 Å². The fourth-order valence-electron chi connectivity index (χ4n) is 2.68. The van der Waals surface area contributed by atoms with E-state index in [0.29, 0.717) is 10.9 Å². The number of fused-ring (bicyclic) bond motifs is 1. The number of piperidine rings is 1. The van der Waals surface area contributed by atoms with Crippen molar-refractivity contribution in [3.63, 3.8) is 0 Å². The number of hydrogen-bond donors (Lipinski definition) is 2. The maximum absolute atomic E-state index is 13.5. The summed E-state index contributed by atoms with van der Waals surface area (Å²) in [7, 11) is 0. The van der Waals surface area contributed by atoms with Crippen molar-refractivity contribution in [1.29, 1.82) is 0 Å². The average molecular weight is 324 g/mol. The van der Waals surface area contributed by atoms with Gasteiger partial charge in [0, 0.05) is 31.0 Å². The van der Waals surface area contributed by atoms with E-state index in [0.717, 1.165) is 0 Å². The average Bonchev–Trinajstić information content (AvgIpc) is 2.48. The summed E-state index contributed by atoms with van der Waals surface area (Å²) in [5, 5.41) is 0.538. The lowest BCUT2D eigenvalue weighted by atomic mass is 10.0. The summed E-state index contributed by atoms with van der Waals surface area (Å²) in [4.78, 5) is 17.4. The van der Waals surface area contributed by atoms with Crippen LogP contribution in [0, 0.1) is 5.82 Å². The zero-order valence-electron chi connectivity index (χ0n) is 12.1. The molecular weight excluding hydrogens is 309 g/mol. The highest BCUT2D eigenvalue weighted by molar-refractivity contribution is 6.01. The summed E-state index contributed by atoms with van der Waals surface area (Å²) in [5.74, 6) is -4.03. The van der Waals surface area contributed by atoms with E-state index in [9.17, 15) is 18.0 Å². The molecule has 2 heterocycles. The zero-order chi connectivity index (χ0) is 16.8. The minimum absolute atomic E-state index is 0.0190. The third kappa shape index (κ3) is 2.81. The smallest absolute Gasteiger partial charge is 0.266 e. The molecule has 0 spiro atoms. The monoisotopic (exact) mass is 324 g/mol. The minimum atomic E-state index is -2.97. The van der Waals surface area contributed by atoms with Gasteiger partial charge in [0.1, 0.15) is 11.6 Å². The molecule has 122 valence electrons. The van der Waals surface area contributed by atoms with Crippen molar-refractivity contribution in [3.05, 3.63) is 35.6 Å². The van der Waals surface area contributed by atoms with Crippen LogP contribution >= 0.6 is 0 Å². The van der Waals surface area contributed by atoms with Crippen LogP contribution in [0.4, 0.5) is 19.0 Å². The number of hydrogen-bond acceptors (Lipinski definition) is 4. The Morgan fingerprint density at radius 1 is 1.35 bits per heavy atom. The van der Waals surface area contributed by atoms with Gasteiger partial charge in [0.25, 0.3) is 11.8 Å². The quantitative estimate of drug-likeness (QED) is 0.879. The number of primary amides is 1. The Labute approximate surface area is 130 Å². The summed E-state index contributed by atoms with van der Waals surface area (Å²) >= 11 is 0. The number of alkyl halides is 2. The van der Waals surface area contributed by atoms with Crippen LogP contribution in [-0.2, 0) is 0 Å². The Balaban J connectivity index is 2.08. The molecule has 0 aliphatic carbocycles. The number of carbonyl (C=O) groups is 1. The highest BCUT2D eigenvalue weighted by atomic mass is 19.3. The zero-order valence-corrected chi connectivity index (χ0v) is 12.1. The molecule has 1 unspecified atom stereocenters. The second-order valence-electron chi connectivity index (χ2n) is 5.62. The minimum Gasteiger partial charge on any atom is -0.365 e. The lowest BCUT2D eigenvalue weighted by Crippen LogP contribution is -2.55. The van der Waals surface area contributed by atoms with E-state index in [-0.39, 0.29) is 24.5 Å². The summed E-state index contributed by atoms with van der Waals surface area (Å²) in [5.41, 5.74) is 11.3. The first-order valence-electron chi connectivity index (χ1n) is 7.06. The molecule has 1 aromatic carbocycles. The highest BCUT2D eigenvalue weighted by Gasteiger charge is 2.42. The molecule has 4 N–H and O–H groups in total. The predicted octanol–water partition coefficient (Wildman–Crippen LogP) is 1.65. The maximum atomic E-state index is 13.5. The molecule has 1 aromatic heterocycles. The van der Waals surface area contributed by atoms with Gasteiger partial charge in [-0.05, 0) is 18.2 Å². The van der Waals surface area contributed by atoms with Crippen LogP contribution in [0.25, 0.3) is 10.9 Å². The molecule has 0 radical (unpaired) electrons. The summed E-state index contributed by atoms with van der Waals surface area (Å²) in [6, 6.07) is 4.04. The van der Waals surface area contributed by atoms with Crippen LogP contribution in [0.5, 0.6) is 0 Å². The fraction of sp³-hybridized carbons (Fsp3) is 0.333. The molecule has 23 heavy (non-hydrogen) atoms. The van der Waals surface area contributed by atoms with Gasteiger partial charge in [-0.15, -0.1) is 0 Å². The van der Waals surface area contributed by atoms with Gasteiger partial charge in [0.15, 0.2) is 0 Å². The van der Waals surface area contributed by atoms with Crippen molar-refractivity contribution in [2.45, 2.75) is 18.4 Å². The third-order valence-corrected chi connectivity index (χ3v) is 4.00. The van der Waals surface area contributed by atoms with Gasteiger partial charge in [0.05, 0.1) is 17.1 Å². The Bertz CT molecular complexity index is 781. The van der Waals surface area contributed by atoms with Gasteiger partial charge in [-0.1, -0.05) is 0 Å². The first-order chi connectivity index (χ1) is 10.8. The second-order valence-corrected chi connectivity index (χ2v) is 5.62. The molecular formula is C15H15F3N4O. The van der Waals surface area contributed by atoms with Gasteiger partial charge in [0.2, 0.25) is 0 Å². The molecule has 1 fully saturated rings. The van der Waals surface area contributed by atoms with E-state index < -0.39 is 30.1 Å². The van der Waals surface area contributed by atoms with Crippen molar-refractivity contribution in [2.75, 3.05) is 18.0 Å². The number of halogens is 3. The summed E-state index contributed by atoms with van der Waals surface area (Å²) < 4.78 is 40.4. The van der Waals surface area contributed by atoms with Gasteiger partial charge < -0.3 is 16.4 Å². The summed E-state index contributed by atoms with van der Waals surface area (Å²) in [6.45, 7) is -0.185. The van der Waals surface area contributed by atoms with Crippen LogP contribution in [0.3, 0.4) is 0 Å².